The fraction of sp³-hybridized carbons (Fsp3) is 0.848. The Bertz CT molecular complexity index is 942. The molecular weight excluding hydrogens is 679 g/mol. The molecule has 0 heterocycles. The Hall–Kier alpha value is -2.19. The summed E-state index contributed by atoms with van der Waals surface area (Å²) in [6.45, 7) is 4.65. The first-order valence-electron chi connectivity index (χ1n) is 22.4. The lowest BCUT2D eigenvalue weighted by molar-refractivity contribution is -0.889. The summed E-state index contributed by atoms with van der Waals surface area (Å²) in [5.41, 5.74) is 0. The standard InChI is InChI=1S/C46H85NO7/c1-6-8-10-12-14-16-18-20-21-22-23-24-25-27-29-31-33-35-37-45(49)54-42(40-52-39-38-43(46(50)51)47(3,4)5)41-53-44(48)36-34-32-30-28-26-19-17-15-13-11-9-7-2/h21-24,42-43H,6-20,25-41H2,1-5H3/b22-21+,24-23+. The molecule has 0 bridgehead atoms. The van der Waals surface area contributed by atoms with Crippen molar-refractivity contribution in [2.75, 3.05) is 41.0 Å². The predicted molar refractivity (Wildman–Crippen MR) is 222 cm³/mol. The van der Waals surface area contributed by atoms with Gasteiger partial charge in [-0.1, -0.05) is 167 Å². The summed E-state index contributed by atoms with van der Waals surface area (Å²) < 4.78 is 17.1. The van der Waals surface area contributed by atoms with Gasteiger partial charge in [0.15, 0.2) is 6.10 Å². The minimum atomic E-state index is -1.13. The van der Waals surface area contributed by atoms with Crippen molar-refractivity contribution in [1.82, 2.24) is 0 Å². The van der Waals surface area contributed by atoms with Gasteiger partial charge >= 0.3 is 11.9 Å². The second-order valence-corrected chi connectivity index (χ2v) is 16.3. The number of allylic oxidation sites excluding steroid dienone is 4. The Labute approximate surface area is 332 Å². The van der Waals surface area contributed by atoms with Crippen molar-refractivity contribution in [3.05, 3.63) is 24.3 Å². The highest BCUT2D eigenvalue weighted by Crippen LogP contribution is 2.14. The van der Waals surface area contributed by atoms with Gasteiger partial charge in [-0.05, 0) is 38.5 Å². The Kier molecular flexibility index (Phi) is 36.2. The van der Waals surface area contributed by atoms with Gasteiger partial charge in [0.1, 0.15) is 12.6 Å². The van der Waals surface area contributed by atoms with Gasteiger partial charge in [-0.3, -0.25) is 9.59 Å². The lowest BCUT2D eigenvalue weighted by Crippen LogP contribution is -2.55. The molecule has 8 heteroatoms. The summed E-state index contributed by atoms with van der Waals surface area (Å²) >= 11 is 0. The molecule has 0 aromatic carbocycles. The van der Waals surface area contributed by atoms with Crippen LogP contribution >= 0.6 is 0 Å². The fourth-order valence-corrected chi connectivity index (χ4v) is 6.59. The number of ether oxygens (including phenoxy) is 3. The van der Waals surface area contributed by atoms with E-state index < -0.39 is 18.1 Å². The predicted octanol–water partition coefficient (Wildman–Crippen LogP) is 10.7. The van der Waals surface area contributed by atoms with E-state index in [0.29, 0.717) is 12.8 Å². The van der Waals surface area contributed by atoms with Gasteiger partial charge in [0, 0.05) is 19.3 Å². The minimum absolute atomic E-state index is 0.0381. The van der Waals surface area contributed by atoms with Crippen LogP contribution in [0.5, 0.6) is 0 Å². The molecule has 0 saturated carbocycles. The van der Waals surface area contributed by atoms with Crippen LogP contribution in [0.25, 0.3) is 0 Å². The molecule has 0 aliphatic heterocycles. The third kappa shape index (κ3) is 35.5. The number of hydrogen-bond acceptors (Lipinski definition) is 7. The quantitative estimate of drug-likeness (QED) is 0.0265. The zero-order chi connectivity index (χ0) is 40.0. The van der Waals surface area contributed by atoms with E-state index in [1.165, 1.54) is 109 Å². The molecule has 0 N–H and O–H groups in total. The number of aliphatic carboxylic acids is 1. The first-order valence-corrected chi connectivity index (χ1v) is 22.4. The van der Waals surface area contributed by atoms with Gasteiger partial charge in [0.05, 0.1) is 40.3 Å². The Morgan fingerprint density at radius 2 is 0.963 bits per heavy atom. The summed E-state index contributed by atoms with van der Waals surface area (Å²) in [7, 11) is 5.40. The number of likely N-dealkylation sites (N-methyl/N-ethyl adjacent to an activating group) is 1. The highest BCUT2D eigenvalue weighted by Gasteiger charge is 2.25. The number of hydrogen-bond donors (Lipinski definition) is 0. The van der Waals surface area contributed by atoms with E-state index in [-0.39, 0.29) is 42.7 Å². The largest absolute Gasteiger partial charge is 0.544 e. The number of quaternary nitrogens is 1. The Morgan fingerprint density at radius 1 is 0.556 bits per heavy atom. The van der Waals surface area contributed by atoms with E-state index in [4.69, 9.17) is 14.2 Å². The number of carbonyl (C=O) groups is 3. The lowest BCUT2D eigenvalue weighted by Gasteiger charge is -2.34. The van der Waals surface area contributed by atoms with E-state index >= 15 is 0 Å². The molecule has 0 saturated heterocycles. The van der Waals surface area contributed by atoms with Crippen LogP contribution in [0, 0.1) is 0 Å². The van der Waals surface area contributed by atoms with Crippen molar-refractivity contribution < 1.29 is 38.2 Å². The van der Waals surface area contributed by atoms with Gasteiger partial charge in [-0.25, -0.2) is 0 Å². The van der Waals surface area contributed by atoms with Crippen molar-refractivity contribution in [3.8, 4) is 0 Å². The van der Waals surface area contributed by atoms with Crippen molar-refractivity contribution >= 4 is 17.9 Å². The normalized spacial score (nSPS) is 13.1. The van der Waals surface area contributed by atoms with Crippen LogP contribution in [0.1, 0.15) is 200 Å². The maximum absolute atomic E-state index is 12.7. The van der Waals surface area contributed by atoms with E-state index in [1.807, 2.05) is 0 Å². The SMILES string of the molecule is CCCCCCCCC/C=C/C=C/CCCCCCCC(=O)OC(COCCC(C(=O)[O-])[N+](C)(C)C)COC(=O)CCCCCCCCCCCCCC. The number of carboxylic acids is 1. The summed E-state index contributed by atoms with van der Waals surface area (Å²) in [4.78, 5) is 36.8. The molecule has 0 rings (SSSR count). The van der Waals surface area contributed by atoms with Gasteiger partial charge in [-0.2, -0.15) is 0 Å². The zero-order valence-corrected chi connectivity index (χ0v) is 35.9. The highest BCUT2D eigenvalue weighted by molar-refractivity contribution is 5.70. The first kappa shape index (κ1) is 51.8. The highest BCUT2D eigenvalue weighted by atomic mass is 16.6. The van der Waals surface area contributed by atoms with E-state index in [9.17, 15) is 19.5 Å². The first-order chi connectivity index (χ1) is 26.1. The van der Waals surface area contributed by atoms with Gasteiger partial charge < -0.3 is 28.6 Å². The fourth-order valence-electron chi connectivity index (χ4n) is 6.59. The smallest absolute Gasteiger partial charge is 0.306 e. The van der Waals surface area contributed by atoms with Crippen molar-refractivity contribution in [2.45, 2.75) is 212 Å². The van der Waals surface area contributed by atoms with Gasteiger partial charge in [0.2, 0.25) is 0 Å². The topological polar surface area (TPSA) is 102 Å². The molecule has 0 aliphatic carbocycles. The van der Waals surface area contributed by atoms with Crippen LogP contribution in [0.3, 0.4) is 0 Å². The Morgan fingerprint density at radius 3 is 1.39 bits per heavy atom. The number of carboxylic acid groups (broad SMARTS) is 1. The number of esters is 2. The number of nitrogens with zero attached hydrogens (tertiary/aromatic N) is 1. The molecule has 0 aromatic heterocycles. The molecule has 54 heavy (non-hydrogen) atoms. The number of unbranched alkanes of at least 4 members (excludes halogenated alkanes) is 23. The van der Waals surface area contributed by atoms with E-state index in [2.05, 4.69) is 38.2 Å². The molecule has 0 aliphatic rings. The molecule has 2 unspecified atom stereocenters. The van der Waals surface area contributed by atoms with Crippen LogP contribution in [-0.4, -0.2) is 75.5 Å². The van der Waals surface area contributed by atoms with Crippen LogP contribution in [0.2, 0.25) is 0 Å². The molecule has 2 atom stereocenters. The van der Waals surface area contributed by atoms with Crippen LogP contribution < -0.4 is 5.11 Å². The summed E-state index contributed by atoms with van der Waals surface area (Å²) in [5, 5.41) is 11.6. The minimum Gasteiger partial charge on any atom is -0.544 e. The van der Waals surface area contributed by atoms with Gasteiger partial charge in [0.25, 0.3) is 0 Å². The van der Waals surface area contributed by atoms with E-state index in [0.717, 1.165) is 57.8 Å². The maximum atomic E-state index is 12.7. The zero-order valence-electron chi connectivity index (χ0n) is 35.9. The number of rotatable bonds is 40. The van der Waals surface area contributed by atoms with Crippen molar-refractivity contribution in [1.29, 1.82) is 0 Å². The monoisotopic (exact) mass is 764 g/mol. The molecular formula is C46H85NO7. The van der Waals surface area contributed by atoms with E-state index in [1.54, 1.807) is 21.1 Å². The summed E-state index contributed by atoms with van der Waals surface area (Å²) in [5.74, 6) is -1.75. The molecule has 0 spiro atoms. The average molecular weight is 764 g/mol. The van der Waals surface area contributed by atoms with Crippen LogP contribution in [0.4, 0.5) is 0 Å². The maximum Gasteiger partial charge on any atom is 0.306 e. The van der Waals surface area contributed by atoms with Crippen LogP contribution in [-0.2, 0) is 28.6 Å². The summed E-state index contributed by atoms with van der Waals surface area (Å²) in [6.07, 6.45) is 40.5. The van der Waals surface area contributed by atoms with Crippen LogP contribution in [0.15, 0.2) is 24.3 Å². The van der Waals surface area contributed by atoms with Gasteiger partial charge in [-0.15, -0.1) is 0 Å². The second kappa shape index (κ2) is 37.7. The third-order valence-corrected chi connectivity index (χ3v) is 10.1. The Balaban J connectivity index is 4.35. The average Bonchev–Trinajstić information content (AvgIpc) is 3.12. The molecule has 316 valence electrons. The second-order valence-electron chi connectivity index (χ2n) is 16.3. The molecule has 8 nitrogen and oxygen atoms in total. The molecule has 0 fully saturated rings. The molecule has 0 radical (unpaired) electrons. The number of carbonyl (C=O) groups excluding carboxylic acids is 3. The van der Waals surface area contributed by atoms with Crippen molar-refractivity contribution in [3.63, 3.8) is 0 Å². The molecule has 0 aromatic rings. The lowest BCUT2D eigenvalue weighted by atomic mass is 10.0. The summed E-state index contributed by atoms with van der Waals surface area (Å²) in [6, 6.07) is -0.725. The molecule has 0 amide bonds. The third-order valence-electron chi connectivity index (χ3n) is 10.1. The van der Waals surface area contributed by atoms with Crippen molar-refractivity contribution in [2.24, 2.45) is 0 Å².